The number of hydrogen-bond donors (Lipinski definition) is 1. The second-order valence-electron chi connectivity index (χ2n) is 8.84. The highest BCUT2D eigenvalue weighted by Gasteiger charge is 2.33. The maximum Gasteiger partial charge on any atom is 0.317 e. The summed E-state index contributed by atoms with van der Waals surface area (Å²) in [5.74, 6) is 1.64. The maximum absolute atomic E-state index is 12.9. The number of likely N-dealkylation sites (tertiary alicyclic amines) is 1. The molecule has 8 nitrogen and oxygen atoms in total. The number of ether oxygens (including phenoxy) is 3. The first-order chi connectivity index (χ1) is 14.9. The van der Waals surface area contributed by atoms with Crippen LogP contribution in [0.3, 0.4) is 0 Å². The van der Waals surface area contributed by atoms with Crippen molar-refractivity contribution >= 4 is 11.9 Å². The van der Waals surface area contributed by atoms with Crippen molar-refractivity contribution in [3.05, 3.63) is 23.8 Å². The topological polar surface area (TPSA) is 80.3 Å². The van der Waals surface area contributed by atoms with Crippen molar-refractivity contribution in [2.24, 2.45) is 5.92 Å². The molecule has 3 aliphatic heterocycles. The van der Waals surface area contributed by atoms with Gasteiger partial charge in [0.2, 0.25) is 5.91 Å². The van der Waals surface area contributed by atoms with Gasteiger partial charge in [-0.1, -0.05) is 6.07 Å². The Labute approximate surface area is 183 Å². The van der Waals surface area contributed by atoms with Crippen molar-refractivity contribution in [2.45, 2.75) is 51.9 Å². The van der Waals surface area contributed by atoms with Gasteiger partial charge in [-0.15, -0.1) is 0 Å². The molecule has 3 heterocycles. The number of benzene rings is 1. The molecule has 3 atom stereocenters. The van der Waals surface area contributed by atoms with Crippen LogP contribution in [0.5, 0.6) is 11.5 Å². The van der Waals surface area contributed by atoms with Crippen molar-refractivity contribution < 1.29 is 23.8 Å². The largest absolute Gasteiger partial charge is 0.486 e. The summed E-state index contributed by atoms with van der Waals surface area (Å²) >= 11 is 0. The summed E-state index contributed by atoms with van der Waals surface area (Å²) in [4.78, 5) is 29.5. The van der Waals surface area contributed by atoms with E-state index >= 15 is 0 Å². The molecule has 1 aromatic rings. The predicted octanol–water partition coefficient (Wildman–Crippen LogP) is 2.58. The Bertz CT molecular complexity index is 798. The Hall–Kier alpha value is -2.48. The molecule has 0 bridgehead atoms. The van der Waals surface area contributed by atoms with Gasteiger partial charge in [0.25, 0.3) is 0 Å². The maximum atomic E-state index is 12.9. The SMILES string of the molecule is C[C@@H]1CN(C(=O)C2CCN(C(=O)N[C@H](C)c3ccc4c(c3)OCCO4)CC2)C[C@@H](C)O1. The van der Waals surface area contributed by atoms with E-state index in [1.54, 1.807) is 0 Å². The molecule has 4 rings (SSSR count). The number of nitrogens with zero attached hydrogens (tertiary/aromatic N) is 2. The average molecular weight is 432 g/mol. The first-order valence-electron chi connectivity index (χ1n) is 11.3. The molecule has 0 spiro atoms. The molecule has 0 saturated carbocycles. The molecular weight excluding hydrogens is 398 g/mol. The smallest absolute Gasteiger partial charge is 0.317 e. The zero-order valence-corrected chi connectivity index (χ0v) is 18.6. The molecule has 0 radical (unpaired) electrons. The molecule has 3 amide bonds. The minimum atomic E-state index is -0.154. The van der Waals surface area contributed by atoms with Gasteiger partial charge >= 0.3 is 6.03 Å². The highest BCUT2D eigenvalue weighted by atomic mass is 16.6. The lowest BCUT2D eigenvalue weighted by atomic mass is 9.95. The Morgan fingerprint density at radius 3 is 2.32 bits per heavy atom. The van der Waals surface area contributed by atoms with Gasteiger partial charge in [-0.2, -0.15) is 0 Å². The van der Waals surface area contributed by atoms with E-state index in [2.05, 4.69) is 5.32 Å². The number of morpholine rings is 1. The van der Waals surface area contributed by atoms with Crippen LogP contribution in [0, 0.1) is 5.92 Å². The van der Waals surface area contributed by atoms with E-state index in [-0.39, 0.29) is 36.1 Å². The van der Waals surface area contributed by atoms with Crippen LogP contribution in [0.25, 0.3) is 0 Å². The van der Waals surface area contributed by atoms with Crippen molar-refractivity contribution in [3.63, 3.8) is 0 Å². The van der Waals surface area contributed by atoms with Crippen molar-refractivity contribution in [2.75, 3.05) is 39.4 Å². The first-order valence-corrected chi connectivity index (χ1v) is 11.3. The van der Waals surface area contributed by atoms with Gasteiger partial charge in [0.05, 0.1) is 18.2 Å². The van der Waals surface area contributed by atoms with Gasteiger partial charge in [-0.05, 0) is 51.3 Å². The molecule has 1 aromatic carbocycles. The Morgan fingerprint density at radius 2 is 1.65 bits per heavy atom. The van der Waals surface area contributed by atoms with Crippen LogP contribution in [0.4, 0.5) is 4.79 Å². The molecule has 170 valence electrons. The zero-order chi connectivity index (χ0) is 22.0. The second kappa shape index (κ2) is 9.34. The molecule has 2 saturated heterocycles. The first kappa shape index (κ1) is 21.7. The number of carbonyl (C=O) groups is 2. The van der Waals surface area contributed by atoms with E-state index in [4.69, 9.17) is 14.2 Å². The Balaban J connectivity index is 1.28. The van der Waals surface area contributed by atoms with Gasteiger partial charge in [0, 0.05) is 32.1 Å². The standard InChI is InChI=1S/C23H33N3O5/c1-15-13-26(14-16(2)31-15)22(27)18-6-8-25(9-7-18)23(28)24-17(3)19-4-5-20-21(12-19)30-11-10-29-20/h4-5,12,15-18H,6-11,13-14H2,1-3H3,(H,24,28)/t15-,16-,17-/m1/s1. The second-order valence-corrected chi connectivity index (χ2v) is 8.84. The van der Waals surface area contributed by atoms with Gasteiger partial charge in [0.1, 0.15) is 13.2 Å². The number of hydrogen-bond acceptors (Lipinski definition) is 5. The van der Waals surface area contributed by atoms with E-state index in [9.17, 15) is 9.59 Å². The number of nitrogens with one attached hydrogen (secondary N) is 1. The van der Waals surface area contributed by atoms with Crippen LogP contribution in [0.15, 0.2) is 18.2 Å². The van der Waals surface area contributed by atoms with Gasteiger partial charge < -0.3 is 29.3 Å². The highest BCUT2D eigenvalue weighted by Crippen LogP contribution is 2.32. The lowest BCUT2D eigenvalue weighted by Gasteiger charge is -2.39. The lowest BCUT2D eigenvalue weighted by Crippen LogP contribution is -2.52. The predicted molar refractivity (Wildman–Crippen MR) is 115 cm³/mol. The van der Waals surface area contributed by atoms with Crippen LogP contribution in [-0.2, 0) is 9.53 Å². The summed E-state index contributed by atoms with van der Waals surface area (Å²) in [7, 11) is 0. The minimum absolute atomic E-state index is 0.0169. The fraction of sp³-hybridized carbons (Fsp3) is 0.652. The normalized spacial score (nSPS) is 25.1. The average Bonchev–Trinajstić information content (AvgIpc) is 2.77. The van der Waals surface area contributed by atoms with Crippen LogP contribution in [0.1, 0.15) is 45.2 Å². The zero-order valence-electron chi connectivity index (χ0n) is 18.6. The summed E-state index contributed by atoms with van der Waals surface area (Å²) in [6.07, 6.45) is 1.54. The molecule has 8 heteroatoms. The number of piperidine rings is 1. The Kier molecular flexibility index (Phi) is 6.55. The summed E-state index contributed by atoms with van der Waals surface area (Å²) in [6.45, 7) is 9.54. The van der Waals surface area contributed by atoms with Crippen molar-refractivity contribution in [3.8, 4) is 11.5 Å². The molecule has 0 aliphatic carbocycles. The number of carbonyl (C=O) groups excluding carboxylic acids is 2. The van der Waals surface area contributed by atoms with E-state index < -0.39 is 0 Å². The highest BCUT2D eigenvalue weighted by molar-refractivity contribution is 5.80. The van der Waals surface area contributed by atoms with E-state index in [0.29, 0.717) is 52.2 Å². The van der Waals surface area contributed by atoms with E-state index in [0.717, 1.165) is 17.1 Å². The summed E-state index contributed by atoms with van der Waals surface area (Å²) in [6, 6.07) is 5.51. The fourth-order valence-electron chi connectivity index (χ4n) is 4.63. The van der Waals surface area contributed by atoms with Crippen LogP contribution in [-0.4, -0.2) is 73.3 Å². The van der Waals surface area contributed by atoms with Crippen molar-refractivity contribution in [1.29, 1.82) is 0 Å². The quantitative estimate of drug-likeness (QED) is 0.796. The van der Waals surface area contributed by atoms with Crippen LogP contribution in [0.2, 0.25) is 0 Å². The number of fused-ring (bicyclic) bond motifs is 1. The molecule has 0 unspecified atom stereocenters. The third-order valence-electron chi connectivity index (χ3n) is 6.27. The number of amides is 3. The third-order valence-corrected chi connectivity index (χ3v) is 6.27. The Morgan fingerprint density at radius 1 is 1.00 bits per heavy atom. The summed E-state index contributed by atoms with van der Waals surface area (Å²) < 4.78 is 16.9. The monoisotopic (exact) mass is 431 g/mol. The molecule has 1 N–H and O–H groups in total. The van der Waals surface area contributed by atoms with Crippen molar-refractivity contribution in [1.82, 2.24) is 15.1 Å². The third kappa shape index (κ3) is 5.06. The molecular formula is C23H33N3O5. The van der Waals surface area contributed by atoms with E-state index in [1.165, 1.54) is 0 Å². The number of urea groups is 1. The van der Waals surface area contributed by atoms with Crippen LogP contribution < -0.4 is 14.8 Å². The molecule has 0 aromatic heterocycles. The van der Waals surface area contributed by atoms with Gasteiger partial charge in [-0.25, -0.2) is 4.79 Å². The molecule has 31 heavy (non-hydrogen) atoms. The molecule has 3 aliphatic rings. The van der Waals surface area contributed by atoms with E-state index in [1.807, 2.05) is 48.8 Å². The van der Waals surface area contributed by atoms with Crippen LogP contribution >= 0.6 is 0 Å². The fourth-order valence-corrected chi connectivity index (χ4v) is 4.63. The lowest BCUT2D eigenvalue weighted by molar-refractivity contribution is -0.148. The summed E-state index contributed by atoms with van der Waals surface area (Å²) in [5.41, 5.74) is 0.971. The van der Waals surface area contributed by atoms with Gasteiger partial charge in [-0.3, -0.25) is 4.79 Å². The van der Waals surface area contributed by atoms with Gasteiger partial charge in [0.15, 0.2) is 11.5 Å². The number of rotatable bonds is 3. The minimum Gasteiger partial charge on any atom is -0.486 e. The molecule has 2 fully saturated rings. The summed E-state index contributed by atoms with van der Waals surface area (Å²) in [5, 5.41) is 3.07.